The zero-order valence-electron chi connectivity index (χ0n) is 9.88. The molecular formula is C14H10FNO2S. The quantitative estimate of drug-likeness (QED) is 0.809. The molecule has 0 aliphatic carbocycles. The normalized spacial score (nSPS) is 10.9. The lowest BCUT2D eigenvalue weighted by molar-refractivity contribution is 0.594. The van der Waals surface area contributed by atoms with E-state index in [4.69, 9.17) is 5.26 Å². The second-order valence-electron chi connectivity index (χ2n) is 4.02. The molecule has 0 saturated carbocycles. The van der Waals surface area contributed by atoms with Crippen LogP contribution in [0.25, 0.3) is 0 Å². The van der Waals surface area contributed by atoms with Crippen LogP contribution < -0.4 is 0 Å². The highest BCUT2D eigenvalue weighted by atomic mass is 32.2. The minimum absolute atomic E-state index is 0.0817. The third-order valence-electron chi connectivity index (χ3n) is 2.61. The van der Waals surface area contributed by atoms with Gasteiger partial charge < -0.3 is 0 Å². The molecule has 0 fully saturated rings. The molecule has 0 bridgehead atoms. The predicted molar refractivity (Wildman–Crippen MR) is 68.4 cm³/mol. The fourth-order valence-corrected chi connectivity index (χ4v) is 2.97. The minimum Gasteiger partial charge on any atom is -0.223 e. The first-order valence-corrected chi connectivity index (χ1v) is 7.14. The van der Waals surface area contributed by atoms with E-state index in [1.165, 1.54) is 12.1 Å². The van der Waals surface area contributed by atoms with Gasteiger partial charge in [0.2, 0.25) is 0 Å². The van der Waals surface area contributed by atoms with Gasteiger partial charge in [-0.25, -0.2) is 12.8 Å². The Balaban J connectivity index is 2.26. The maximum Gasteiger partial charge on any atom is 0.182 e. The van der Waals surface area contributed by atoms with E-state index in [9.17, 15) is 12.8 Å². The van der Waals surface area contributed by atoms with Crippen molar-refractivity contribution in [3.8, 4) is 6.07 Å². The zero-order valence-corrected chi connectivity index (χ0v) is 10.7. The summed E-state index contributed by atoms with van der Waals surface area (Å²) in [5, 5.41) is 8.66. The van der Waals surface area contributed by atoms with E-state index in [1.54, 1.807) is 24.3 Å². The molecule has 2 aromatic carbocycles. The smallest absolute Gasteiger partial charge is 0.182 e. The average molecular weight is 275 g/mol. The number of nitriles is 1. The highest BCUT2D eigenvalue weighted by molar-refractivity contribution is 7.90. The molecule has 5 heteroatoms. The van der Waals surface area contributed by atoms with Crippen LogP contribution >= 0.6 is 0 Å². The number of sulfone groups is 1. The summed E-state index contributed by atoms with van der Waals surface area (Å²) in [4.78, 5) is 0.0817. The Morgan fingerprint density at radius 3 is 2.11 bits per heavy atom. The Labute approximate surface area is 110 Å². The largest absolute Gasteiger partial charge is 0.223 e. The molecule has 0 N–H and O–H groups in total. The van der Waals surface area contributed by atoms with Gasteiger partial charge in [0.15, 0.2) is 9.84 Å². The van der Waals surface area contributed by atoms with Gasteiger partial charge in [-0.05, 0) is 42.0 Å². The summed E-state index contributed by atoms with van der Waals surface area (Å²) < 4.78 is 36.9. The first-order valence-electron chi connectivity index (χ1n) is 5.49. The molecule has 0 aliphatic heterocycles. The van der Waals surface area contributed by atoms with Gasteiger partial charge in [0.1, 0.15) is 5.82 Å². The van der Waals surface area contributed by atoms with Gasteiger partial charge >= 0.3 is 0 Å². The molecule has 0 heterocycles. The first kappa shape index (κ1) is 13.2. The summed E-state index contributed by atoms with van der Waals surface area (Å²) in [5.41, 5.74) is 1.06. The third-order valence-corrected chi connectivity index (χ3v) is 4.32. The minimum atomic E-state index is -3.50. The number of halogens is 1. The summed E-state index contributed by atoms with van der Waals surface area (Å²) >= 11 is 0. The van der Waals surface area contributed by atoms with Crippen LogP contribution in [-0.2, 0) is 15.6 Å². The van der Waals surface area contributed by atoms with Crippen molar-refractivity contribution in [3.05, 3.63) is 65.5 Å². The molecule has 0 radical (unpaired) electrons. The van der Waals surface area contributed by atoms with E-state index < -0.39 is 15.7 Å². The van der Waals surface area contributed by atoms with Crippen LogP contribution in [0.4, 0.5) is 4.39 Å². The summed E-state index contributed by atoms with van der Waals surface area (Å²) in [5.74, 6) is -0.651. The monoisotopic (exact) mass is 275 g/mol. The molecule has 0 aliphatic rings. The van der Waals surface area contributed by atoms with E-state index in [1.807, 2.05) is 6.07 Å². The van der Waals surface area contributed by atoms with Crippen molar-refractivity contribution in [1.82, 2.24) is 0 Å². The summed E-state index contributed by atoms with van der Waals surface area (Å²) in [6.07, 6.45) is 0. The number of hydrogen-bond donors (Lipinski definition) is 0. The number of hydrogen-bond acceptors (Lipinski definition) is 3. The highest BCUT2D eigenvalue weighted by Gasteiger charge is 2.15. The van der Waals surface area contributed by atoms with E-state index in [-0.39, 0.29) is 10.6 Å². The molecule has 96 valence electrons. The topological polar surface area (TPSA) is 57.9 Å². The maximum absolute atomic E-state index is 12.8. The predicted octanol–water partition coefficient (Wildman–Crippen LogP) is 2.67. The lowest BCUT2D eigenvalue weighted by Gasteiger charge is -2.04. The molecule has 0 unspecified atom stereocenters. The molecule has 3 nitrogen and oxygen atoms in total. The van der Waals surface area contributed by atoms with Crippen LogP contribution in [0.5, 0.6) is 0 Å². The van der Waals surface area contributed by atoms with Crippen molar-refractivity contribution in [1.29, 1.82) is 5.26 Å². The molecule has 0 aromatic heterocycles. The number of benzene rings is 2. The van der Waals surface area contributed by atoms with Gasteiger partial charge in [0, 0.05) is 0 Å². The lowest BCUT2D eigenvalue weighted by atomic mass is 10.2. The van der Waals surface area contributed by atoms with Crippen molar-refractivity contribution in [2.75, 3.05) is 0 Å². The Bertz CT molecular complexity index is 714. The zero-order chi connectivity index (χ0) is 13.9. The molecule has 0 saturated heterocycles. The fraction of sp³-hybridized carbons (Fsp3) is 0.0714. The van der Waals surface area contributed by atoms with E-state index in [0.717, 1.165) is 12.1 Å². The van der Waals surface area contributed by atoms with Crippen LogP contribution in [0, 0.1) is 17.1 Å². The van der Waals surface area contributed by atoms with Gasteiger partial charge in [0.05, 0.1) is 22.3 Å². The molecular weight excluding hydrogens is 265 g/mol. The van der Waals surface area contributed by atoms with Gasteiger partial charge in [-0.3, -0.25) is 0 Å². The van der Waals surface area contributed by atoms with Crippen LogP contribution in [0.15, 0.2) is 53.4 Å². The van der Waals surface area contributed by atoms with Gasteiger partial charge in [-0.15, -0.1) is 0 Å². The Morgan fingerprint density at radius 1 is 1.00 bits per heavy atom. The second-order valence-corrected chi connectivity index (χ2v) is 6.01. The van der Waals surface area contributed by atoms with Crippen molar-refractivity contribution in [2.24, 2.45) is 0 Å². The third kappa shape index (κ3) is 3.18. The summed E-state index contributed by atoms with van der Waals surface area (Å²) in [6, 6.07) is 13.0. The van der Waals surface area contributed by atoms with E-state index in [0.29, 0.717) is 11.1 Å². The number of nitrogens with zero attached hydrogens (tertiary/aromatic N) is 1. The second kappa shape index (κ2) is 5.21. The average Bonchev–Trinajstić information content (AvgIpc) is 2.40. The van der Waals surface area contributed by atoms with Crippen molar-refractivity contribution >= 4 is 9.84 Å². The molecule has 2 aromatic rings. The van der Waals surface area contributed by atoms with Crippen LogP contribution in [0.3, 0.4) is 0 Å². The molecule has 19 heavy (non-hydrogen) atoms. The molecule has 2 rings (SSSR count). The highest BCUT2D eigenvalue weighted by Crippen LogP contribution is 2.17. The first-order chi connectivity index (χ1) is 9.01. The fourth-order valence-electron chi connectivity index (χ4n) is 1.62. The Morgan fingerprint density at radius 2 is 1.58 bits per heavy atom. The molecule has 0 atom stereocenters. The van der Waals surface area contributed by atoms with E-state index in [2.05, 4.69) is 0 Å². The Kier molecular flexibility index (Phi) is 3.63. The molecule has 0 spiro atoms. The Hall–Kier alpha value is -2.19. The van der Waals surface area contributed by atoms with Crippen molar-refractivity contribution in [2.45, 2.75) is 10.6 Å². The summed E-state index contributed by atoms with van der Waals surface area (Å²) in [6.45, 7) is 0. The van der Waals surface area contributed by atoms with Crippen molar-refractivity contribution in [3.63, 3.8) is 0 Å². The van der Waals surface area contributed by atoms with Gasteiger partial charge in [-0.2, -0.15) is 5.26 Å². The SMILES string of the molecule is N#Cc1ccc(CS(=O)(=O)c2ccc(F)cc2)cc1. The van der Waals surface area contributed by atoms with Crippen LogP contribution in [-0.4, -0.2) is 8.42 Å². The molecule has 0 amide bonds. The van der Waals surface area contributed by atoms with Gasteiger partial charge in [0.25, 0.3) is 0 Å². The van der Waals surface area contributed by atoms with Crippen molar-refractivity contribution < 1.29 is 12.8 Å². The lowest BCUT2D eigenvalue weighted by Crippen LogP contribution is -2.05. The van der Waals surface area contributed by atoms with Crippen LogP contribution in [0.2, 0.25) is 0 Å². The number of rotatable bonds is 3. The standard InChI is InChI=1S/C14H10FNO2S/c15-13-5-7-14(8-6-13)19(17,18)10-12-3-1-11(9-16)2-4-12/h1-8H,10H2. The van der Waals surface area contributed by atoms with Gasteiger partial charge in [-0.1, -0.05) is 12.1 Å². The van der Waals surface area contributed by atoms with E-state index >= 15 is 0 Å². The maximum atomic E-state index is 12.8. The summed E-state index contributed by atoms with van der Waals surface area (Å²) in [7, 11) is -3.50. The van der Waals surface area contributed by atoms with Crippen LogP contribution in [0.1, 0.15) is 11.1 Å².